The van der Waals surface area contributed by atoms with Crippen molar-refractivity contribution in [2.75, 3.05) is 18.1 Å². The van der Waals surface area contributed by atoms with Crippen molar-refractivity contribution in [3.05, 3.63) is 74.8 Å². The Morgan fingerprint density at radius 3 is 2.37 bits per heavy atom. The summed E-state index contributed by atoms with van der Waals surface area (Å²) in [6.45, 7) is 1.13. The van der Waals surface area contributed by atoms with E-state index >= 15 is 0 Å². The van der Waals surface area contributed by atoms with Crippen LogP contribution in [0.25, 0.3) is 0 Å². The minimum Gasteiger partial charge on any atom is -0.454 e. The van der Waals surface area contributed by atoms with E-state index in [0.717, 1.165) is 17.1 Å². The molecular weight excluding hydrogens is 386 g/mol. The molecule has 27 heavy (non-hydrogen) atoms. The number of carbonyl (C=O) groups excluding carboxylic acids is 2. The third kappa shape index (κ3) is 4.70. The van der Waals surface area contributed by atoms with Crippen LogP contribution < -0.4 is 0 Å². The topological polar surface area (TPSA) is 86.5 Å². The summed E-state index contributed by atoms with van der Waals surface area (Å²) < 4.78 is 5.47. The maximum Gasteiger partial charge on any atom is 0.338 e. The van der Waals surface area contributed by atoms with E-state index < -0.39 is 23.3 Å². The van der Waals surface area contributed by atoms with E-state index in [1.807, 2.05) is 35.7 Å². The van der Waals surface area contributed by atoms with Crippen LogP contribution in [-0.2, 0) is 4.74 Å². The predicted octanol–water partition coefficient (Wildman–Crippen LogP) is 4.42. The molecule has 1 aliphatic heterocycles. The smallest absolute Gasteiger partial charge is 0.338 e. The van der Waals surface area contributed by atoms with Gasteiger partial charge in [-0.2, -0.15) is 0 Å². The lowest BCUT2D eigenvalue weighted by molar-refractivity contribution is -0.385. The number of aryl methyl sites for hydroxylation is 1. The number of nitro groups is 1. The summed E-state index contributed by atoms with van der Waals surface area (Å²) in [6.07, 6.45) is 0. The average molecular weight is 403 g/mol. The highest BCUT2D eigenvalue weighted by atomic mass is 32.2. The van der Waals surface area contributed by atoms with Gasteiger partial charge in [-0.3, -0.25) is 14.9 Å². The van der Waals surface area contributed by atoms with Gasteiger partial charge in [-0.05, 0) is 24.6 Å². The molecule has 0 saturated carbocycles. The van der Waals surface area contributed by atoms with Gasteiger partial charge in [-0.15, -0.1) is 23.5 Å². The van der Waals surface area contributed by atoms with Gasteiger partial charge in [0.05, 0.1) is 15.1 Å². The minimum absolute atomic E-state index is 0.134. The number of Topliss-reactive ketones (excluding diaryl/α,β-unsaturated/α-hetero) is 1. The monoisotopic (exact) mass is 403 g/mol. The van der Waals surface area contributed by atoms with Crippen molar-refractivity contribution in [3.8, 4) is 0 Å². The molecule has 2 aromatic carbocycles. The summed E-state index contributed by atoms with van der Waals surface area (Å²) in [6, 6.07) is 11.4. The highest BCUT2D eigenvalue weighted by Crippen LogP contribution is 2.45. The first kappa shape index (κ1) is 19.4. The van der Waals surface area contributed by atoms with Crippen LogP contribution >= 0.6 is 23.5 Å². The standard InChI is InChI=1S/C19H17NO5S2/c1-12-2-3-15(10-16(12)20(23)24)17(21)11-25-18(22)13-4-6-14(7-5-13)19-26-8-9-27-19/h2-7,10,19H,8-9,11H2,1H3. The Kier molecular flexibility index (Phi) is 6.18. The number of benzene rings is 2. The lowest BCUT2D eigenvalue weighted by Gasteiger charge is -2.09. The third-order valence-corrected chi connectivity index (χ3v) is 7.21. The molecule has 140 valence electrons. The molecule has 0 N–H and O–H groups in total. The fourth-order valence-electron chi connectivity index (χ4n) is 2.60. The van der Waals surface area contributed by atoms with Crippen LogP contribution in [0.2, 0.25) is 0 Å². The fraction of sp³-hybridized carbons (Fsp3) is 0.263. The Hall–Kier alpha value is -2.32. The summed E-state index contributed by atoms with van der Waals surface area (Å²) in [7, 11) is 0. The number of hydrogen-bond donors (Lipinski definition) is 0. The number of carbonyl (C=O) groups is 2. The molecule has 0 atom stereocenters. The largest absolute Gasteiger partial charge is 0.454 e. The van der Waals surface area contributed by atoms with Gasteiger partial charge in [0, 0.05) is 28.7 Å². The van der Waals surface area contributed by atoms with Crippen molar-refractivity contribution >= 4 is 41.0 Å². The predicted molar refractivity (Wildman–Crippen MR) is 107 cm³/mol. The first-order valence-corrected chi connectivity index (χ1v) is 10.3. The van der Waals surface area contributed by atoms with E-state index in [9.17, 15) is 19.7 Å². The molecule has 0 radical (unpaired) electrons. The molecule has 0 bridgehead atoms. The zero-order chi connectivity index (χ0) is 19.4. The molecule has 6 nitrogen and oxygen atoms in total. The van der Waals surface area contributed by atoms with Crippen LogP contribution in [0.3, 0.4) is 0 Å². The number of thioether (sulfide) groups is 2. The second kappa shape index (κ2) is 8.58. The van der Waals surface area contributed by atoms with Crippen molar-refractivity contribution in [1.29, 1.82) is 0 Å². The first-order valence-electron chi connectivity index (χ1n) is 8.24. The van der Waals surface area contributed by atoms with E-state index in [0.29, 0.717) is 15.7 Å². The third-order valence-electron chi connectivity index (χ3n) is 4.10. The van der Waals surface area contributed by atoms with Crippen molar-refractivity contribution in [1.82, 2.24) is 0 Å². The van der Waals surface area contributed by atoms with E-state index in [2.05, 4.69) is 0 Å². The van der Waals surface area contributed by atoms with Crippen LogP contribution in [0.15, 0.2) is 42.5 Å². The lowest BCUT2D eigenvalue weighted by Crippen LogP contribution is -2.14. The number of hydrogen-bond acceptors (Lipinski definition) is 7. The fourth-order valence-corrected chi connectivity index (χ4v) is 5.46. The molecule has 0 aliphatic carbocycles. The van der Waals surface area contributed by atoms with Crippen LogP contribution in [0.4, 0.5) is 5.69 Å². The number of esters is 1. The molecular formula is C19H17NO5S2. The highest BCUT2D eigenvalue weighted by molar-refractivity contribution is 8.19. The van der Waals surface area contributed by atoms with Gasteiger partial charge < -0.3 is 4.74 Å². The van der Waals surface area contributed by atoms with Crippen molar-refractivity contribution in [2.24, 2.45) is 0 Å². The van der Waals surface area contributed by atoms with Crippen LogP contribution in [0.1, 0.15) is 36.4 Å². The minimum atomic E-state index is -0.594. The number of ether oxygens (including phenoxy) is 1. The SMILES string of the molecule is Cc1ccc(C(=O)COC(=O)c2ccc(C3SCCS3)cc2)cc1[N+](=O)[O-]. The molecule has 1 saturated heterocycles. The van der Waals surface area contributed by atoms with Crippen molar-refractivity contribution in [2.45, 2.75) is 11.5 Å². The highest BCUT2D eigenvalue weighted by Gasteiger charge is 2.19. The lowest BCUT2D eigenvalue weighted by atomic mass is 10.1. The maximum atomic E-state index is 12.2. The quantitative estimate of drug-likeness (QED) is 0.305. The maximum absolute atomic E-state index is 12.2. The Morgan fingerprint density at radius 2 is 1.74 bits per heavy atom. The van der Waals surface area contributed by atoms with Crippen LogP contribution in [0.5, 0.6) is 0 Å². The summed E-state index contributed by atoms with van der Waals surface area (Å²) in [5.74, 6) is 1.17. The van der Waals surface area contributed by atoms with Crippen LogP contribution in [-0.4, -0.2) is 34.8 Å². The molecule has 3 rings (SSSR count). The van der Waals surface area contributed by atoms with Gasteiger partial charge in [-0.1, -0.05) is 24.3 Å². The molecule has 0 unspecified atom stereocenters. The molecule has 0 amide bonds. The van der Waals surface area contributed by atoms with Gasteiger partial charge >= 0.3 is 5.97 Å². The normalized spacial score (nSPS) is 14.1. The summed E-state index contributed by atoms with van der Waals surface area (Å²) in [5, 5.41) is 11.0. The molecule has 1 heterocycles. The Labute approximate surface area is 164 Å². The first-order chi connectivity index (χ1) is 13.0. The molecule has 2 aromatic rings. The number of rotatable bonds is 6. The van der Waals surface area contributed by atoms with E-state index in [-0.39, 0.29) is 11.3 Å². The van der Waals surface area contributed by atoms with E-state index in [4.69, 9.17) is 4.74 Å². The second-order valence-electron chi connectivity index (χ2n) is 5.95. The number of ketones is 1. The summed E-state index contributed by atoms with van der Waals surface area (Å²) >= 11 is 3.76. The van der Waals surface area contributed by atoms with Gasteiger partial charge in [0.15, 0.2) is 6.61 Å². The van der Waals surface area contributed by atoms with Gasteiger partial charge in [0.1, 0.15) is 0 Å². The van der Waals surface area contributed by atoms with Crippen molar-refractivity contribution in [3.63, 3.8) is 0 Å². The van der Waals surface area contributed by atoms with Crippen LogP contribution in [0, 0.1) is 17.0 Å². The molecule has 8 heteroatoms. The van der Waals surface area contributed by atoms with Gasteiger partial charge in [-0.25, -0.2) is 4.79 Å². The van der Waals surface area contributed by atoms with Gasteiger partial charge in [0.25, 0.3) is 5.69 Å². The van der Waals surface area contributed by atoms with E-state index in [1.165, 1.54) is 18.2 Å². The molecule has 0 aromatic heterocycles. The number of nitro benzene ring substituents is 1. The number of nitrogens with zero attached hydrogens (tertiary/aromatic N) is 1. The average Bonchev–Trinajstić information content (AvgIpc) is 3.21. The molecule has 1 fully saturated rings. The summed E-state index contributed by atoms with van der Waals surface area (Å²) in [5.41, 5.74) is 2.00. The Morgan fingerprint density at radius 1 is 1.11 bits per heavy atom. The Bertz CT molecular complexity index is 876. The van der Waals surface area contributed by atoms with Crippen molar-refractivity contribution < 1.29 is 19.2 Å². The zero-order valence-electron chi connectivity index (χ0n) is 14.5. The molecule has 0 spiro atoms. The second-order valence-corrected chi connectivity index (χ2v) is 8.68. The van der Waals surface area contributed by atoms with E-state index in [1.54, 1.807) is 19.1 Å². The van der Waals surface area contributed by atoms with Gasteiger partial charge in [0.2, 0.25) is 5.78 Å². The summed E-state index contributed by atoms with van der Waals surface area (Å²) in [4.78, 5) is 34.8. The Balaban J connectivity index is 1.60. The zero-order valence-corrected chi connectivity index (χ0v) is 16.2. The molecule has 1 aliphatic rings.